The predicted molar refractivity (Wildman–Crippen MR) is 70.9 cm³/mol. The Morgan fingerprint density at radius 3 is 2.88 bits per heavy atom. The third-order valence-electron chi connectivity index (χ3n) is 2.44. The minimum Gasteiger partial charge on any atom is -0.384 e. The van der Waals surface area contributed by atoms with E-state index in [1.807, 2.05) is 17.8 Å². The lowest BCUT2D eigenvalue weighted by Crippen LogP contribution is -2.31. The Kier molecular flexibility index (Phi) is 4.73. The number of thioether (sulfide) groups is 1. The first-order valence-electron chi connectivity index (χ1n) is 5.37. The number of aliphatic hydroxyl groups is 1. The van der Waals surface area contributed by atoms with E-state index in [0.717, 1.165) is 11.4 Å². The summed E-state index contributed by atoms with van der Waals surface area (Å²) in [5, 5.41) is 8.62. The van der Waals surface area contributed by atoms with Gasteiger partial charge in [-0.2, -0.15) is 11.8 Å². The molecule has 2 heterocycles. The van der Waals surface area contributed by atoms with E-state index in [4.69, 9.17) is 5.11 Å². The Bertz CT molecular complexity index is 385. The van der Waals surface area contributed by atoms with Crippen molar-refractivity contribution in [3.05, 3.63) is 21.9 Å². The van der Waals surface area contributed by atoms with Crippen LogP contribution in [0, 0.1) is 11.8 Å². The van der Waals surface area contributed by atoms with E-state index in [0.29, 0.717) is 0 Å². The van der Waals surface area contributed by atoms with Gasteiger partial charge in [0.05, 0.1) is 4.88 Å². The SMILES string of the molecule is OCC#Cc1ccc(CN2CCSCC2)s1. The summed E-state index contributed by atoms with van der Waals surface area (Å²) >= 11 is 3.77. The van der Waals surface area contributed by atoms with Crippen molar-refractivity contribution >= 4 is 23.1 Å². The van der Waals surface area contributed by atoms with Gasteiger partial charge in [-0.1, -0.05) is 11.8 Å². The van der Waals surface area contributed by atoms with Gasteiger partial charge >= 0.3 is 0 Å². The highest BCUT2D eigenvalue weighted by molar-refractivity contribution is 7.99. The summed E-state index contributed by atoms with van der Waals surface area (Å²) in [5.74, 6) is 8.13. The predicted octanol–water partition coefficient (Wildman–Crippen LogP) is 1.64. The number of hydrogen-bond donors (Lipinski definition) is 1. The average Bonchev–Trinajstić information content (AvgIpc) is 2.75. The van der Waals surface area contributed by atoms with Crippen molar-refractivity contribution < 1.29 is 5.11 Å². The molecule has 4 heteroatoms. The van der Waals surface area contributed by atoms with Crippen LogP contribution in [-0.2, 0) is 6.54 Å². The van der Waals surface area contributed by atoms with Crippen LogP contribution >= 0.6 is 23.1 Å². The zero-order valence-electron chi connectivity index (χ0n) is 9.11. The molecule has 2 nitrogen and oxygen atoms in total. The Morgan fingerprint density at radius 1 is 1.31 bits per heavy atom. The van der Waals surface area contributed by atoms with Crippen LogP contribution in [0.4, 0.5) is 0 Å². The van der Waals surface area contributed by atoms with Gasteiger partial charge in [-0.05, 0) is 12.1 Å². The van der Waals surface area contributed by atoms with Crippen molar-refractivity contribution in [3.63, 3.8) is 0 Å². The highest BCUT2D eigenvalue weighted by Crippen LogP contribution is 2.19. The van der Waals surface area contributed by atoms with E-state index < -0.39 is 0 Å². The standard InChI is InChI=1S/C12H15NOS2/c14-7-1-2-11-3-4-12(16-11)10-13-5-8-15-9-6-13/h3-4,14H,5-10H2. The molecule has 0 unspecified atom stereocenters. The van der Waals surface area contributed by atoms with E-state index in [1.165, 1.54) is 29.5 Å². The second-order valence-corrected chi connectivity index (χ2v) is 6.01. The minimum atomic E-state index is -0.0589. The van der Waals surface area contributed by atoms with Gasteiger partial charge < -0.3 is 5.11 Å². The molecule has 1 aliphatic heterocycles. The van der Waals surface area contributed by atoms with Crippen LogP contribution in [0.5, 0.6) is 0 Å². The number of aliphatic hydroxyl groups excluding tert-OH is 1. The Hall–Kier alpha value is -0.470. The highest BCUT2D eigenvalue weighted by Gasteiger charge is 2.11. The summed E-state index contributed by atoms with van der Waals surface area (Å²) < 4.78 is 0. The minimum absolute atomic E-state index is 0.0589. The van der Waals surface area contributed by atoms with E-state index in [-0.39, 0.29) is 6.61 Å². The maximum absolute atomic E-state index is 8.62. The van der Waals surface area contributed by atoms with Crippen molar-refractivity contribution in [3.8, 4) is 11.8 Å². The molecule has 0 aromatic carbocycles. The van der Waals surface area contributed by atoms with Crippen molar-refractivity contribution in [2.24, 2.45) is 0 Å². The van der Waals surface area contributed by atoms with Crippen molar-refractivity contribution in [2.45, 2.75) is 6.54 Å². The van der Waals surface area contributed by atoms with Crippen molar-refractivity contribution in [1.29, 1.82) is 0 Å². The summed E-state index contributed by atoms with van der Waals surface area (Å²) in [6.45, 7) is 3.38. The lowest BCUT2D eigenvalue weighted by molar-refractivity contribution is 0.297. The second-order valence-electron chi connectivity index (χ2n) is 3.61. The number of nitrogens with zero attached hydrogens (tertiary/aromatic N) is 1. The number of rotatable bonds is 2. The lowest BCUT2D eigenvalue weighted by atomic mass is 10.4. The molecule has 0 spiro atoms. The second kappa shape index (κ2) is 6.31. The van der Waals surface area contributed by atoms with Crippen LogP contribution in [0.25, 0.3) is 0 Å². The van der Waals surface area contributed by atoms with Gasteiger partial charge in [0.2, 0.25) is 0 Å². The smallest absolute Gasteiger partial charge is 0.104 e. The molecule has 0 radical (unpaired) electrons. The zero-order chi connectivity index (χ0) is 11.2. The molecule has 1 aromatic rings. The first-order valence-corrected chi connectivity index (χ1v) is 7.34. The third kappa shape index (κ3) is 3.53. The summed E-state index contributed by atoms with van der Waals surface area (Å²) in [4.78, 5) is 4.91. The molecule has 16 heavy (non-hydrogen) atoms. The Morgan fingerprint density at radius 2 is 2.12 bits per heavy atom. The van der Waals surface area contributed by atoms with Crippen LogP contribution < -0.4 is 0 Å². The van der Waals surface area contributed by atoms with Gasteiger partial charge in [0.25, 0.3) is 0 Å². The number of hydrogen-bond acceptors (Lipinski definition) is 4. The average molecular weight is 253 g/mol. The quantitative estimate of drug-likeness (QED) is 0.811. The molecule has 1 fully saturated rings. The van der Waals surface area contributed by atoms with Gasteiger partial charge in [0, 0.05) is 36.0 Å². The molecule has 1 aromatic heterocycles. The van der Waals surface area contributed by atoms with Crippen LogP contribution in [0.15, 0.2) is 12.1 Å². The molecule has 1 saturated heterocycles. The van der Waals surface area contributed by atoms with Crippen LogP contribution in [-0.4, -0.2) is 41.2 Å². The molecule has 86 valence electrons. The van der Waals surface area contributed by atoms with Gasteiger partial charge in [-0.25, -0.2) is 0 Å². The van der Waals surface area contributed by atoms with Crippen LogP contribution in [0.3, 0.4) is 0 Å². The molecule has 0 saturated carbocycles. The summed E-state index contributed by atoms with van der Waals surface area (Å²) in [7, 11) is 0. The molecule has 0 aliphatic carbocycles. The molecular formula is C12H15NOS2. The fourth-order valence-electron chi connectivity index (χ4n) is 1.64. The normalized spacial score (nSPS) is 16.8. The molecular weight excluding hydrogens is 238 g/mol. The molecule has 1 aliphatic rings. The van der Waals surface area contributed by atoms with E-state index in [9.17, 15) is 0 Å². The van der Waals surface area contributed by atoms with Crippen LogP contribution in [0.1, 0.15) is 9.75 Å². The molecule has 0 bridgehead atoms. The summed E-state index contributed by atoms with van der Waals surface area (Å²) in [6.07, 6.45) is 0. The molecule has 1 N–H and O–H groups in total. The fraction of sp³-hybridized carbons (Fsp3) is 0.500. The first-order chi connectivity index (χ1) is 7.88. The molecule has 0 amide bonds. The van der Waals surface area contributed by atoms with Crippen LogP contribution in [0.2, 0.25) is 0 Å². The largest absolute Gasteiger partial charge is 0.384 e. The fourth-order valence-corrected chi connectivity index (χ4v) is 3.54. The van der Waals surface area contributed by atoms with E-state index in [2.05, 4.69) is 22.8 Å². The monoisotopic (exact) mass is 253 g/mol. The van der Waals surface area contributed by atoms with Gasteiger partial charge in [-0.15, -0.1) is 11.3 Å². The van der Waals surface area contributed by atoms with Gasteiger partial charge in [0.15, 0.2) is 0 Å². The summed E-state index contributed by atoms with van der Waals surface area (Å²) in [5.41, 5.74) is 0. The maximum atomic E-state index is 8.62. The lowest BCUT2D eigenvalue weighted by Gasteiger charge is -2.25. The first kappa shape index (κ1) is 12.0. The van der Waals surface area contributed by atoms with Crippen molar-refractivity contribution in [1.82, 2.24) is 4.90 Å². The van der Waals surface area contributed by atoms with Gasteiger partial charge in [-0.3, -0.25) is 4.90 Å². The van der Waals surface area contributed by atoms with E-state index >= 15 is 0 Å². The Labute approximate surface area is 105 Å². The zero-order valence-corrected chi connectivity index (χ0v) is 10.7. The molecule has 2 rings (SSSR count). The van der Waals surface area contributed by atoms with Crippen molar-refractivity contribution in [2.75, 3.05) is 31.2 Å². The summed E-state index contributed by atoms with van der Waals surface area (Å²) in [6, 6.07) is 4.19. The molecule has 0 atom stereocenters. The Balaban J connectivity index is 1.91. The third-order valence-corrected chi connectivity index (χ3v) is 4.36. The maximum Gasteiger partial charge on any atom is 0.104 e. The topological polar surface area (TPSA) is 23.5 Å². The van der Waals surface area contributed by atoms with Gasteiger partial charge in [0.1, 0.15) is 6.61 Å². The van der Waals surface area contributed by atoms with E-state index in [1.54, 1.807) is 11.3 Å². The highest BCUT2D eigenvalue weighted by atomic mass is 32.2. The number of thiophene rings is 1.